The first-order valence-electron chi connectivity index (χ1n) is 11.8. The summed E-state index contributed by atoms with van der Waals surface area (Å²) < 4.78 is 28.9. The molecule has 1 aliphatic rings. The van der Waals surface area contributed by atoms with Crippen molar-refractivity contribution in [3.8, 4) is 0 Å². The van der Waals surface area contributed by atoms with E-state index in [1.54, 1.807) is 31.2 Å². The standard InChI is InChI=1S/C28H32N2O3S/c1-18-10-14-26(15-20(18)3)30-34(32,33)27-17-25(11-9-19(27)2)28(31)29-21(4)23-13-12-22-7-5-6-8-24(22)16-23/h9-17,21,30H,5-8H2,1-4H3,(H,29,31). The van der Waals surface area contributed by atoms with Crippen molar-refractivity contribution in [1.29, 1.82) is 0 Å². The average Bonchev–Trinajstić information content (AvgIpc) is 2.81. The predicted molar refractivity (Wildman–Crippen MR) is 137 cm³/mol. The molecule has 1 amide bonds. The number of hydrogen-bond acceptors (Lipinski definition) is 3. The maximum Gasteiger partial charge on any atom is 0.262 e. The van der Waals surface area contributed by atoms with E-state index >= 15 is 0 Å². The summed E-state index contributed by atoms with van der Waals surface area (Å²) in [5.74, 6) is -0.298. The minimum atomic E-state index is -3.85. The molecule has 0 aromatic heterocycles. The molecule has 3 aromatic rings. The summed E-state index contributed by atoms with van der Waals surface area (Å²) in [6.45, 7) is 7.60. The molecule has 4 rings (SSSR count). The Morgan fingerprint density at radius 3 is 2.26 bits per heavy atom. The summed E-state index contributed by atoms with van der Waals surface area (Å²) in [4.78, 5) is 13.1. The van der Waals surface area contributed by atoms with Crippen LogP contribution in [-0.2, 0) is 22.9 Å². The third-order valence-corrected chi connectivity index (χ3v) is 8.24. The number of aryl methyl sites for hydroxylation is 5. The largest absolute Gasteiger partial charge is 0.346 e. The Hall–Kier alpha value is -3.12. The third kappa shape index (κ3) is 5.17. The fraction of sp³-hybridized carbons (Fsp3) is 0.321. The minimum absolute atomic E-state index is 0.0970. The van der Waals surface area contributed by atoms with Gasteiger partial charge in [-0.25, -0.2) is 8.42 Å². The topological polar surface area (TPSA) is 75.3 Å². The molecule has 1 atom stereocenters. The zero-order chi connectivity index (χ0) is 24.5. The highest BCUT2D eigenvalue weighted by atomic mass is 32.2. The zero-order valence-corrected chi connectivity index (χ0v) is 21.1. The normalized spacial score (nSPS) is 14.2. The maximum absolute atomic E-state index is 13.1. The van der Waals surface area contributed by atoms with Gasteiger partial charge in [-0.1, -0.05) is 30.3 Å². The molecule has 178 valence electrons. The van der Waals surface area contributed by atoms with Gasteiger partial charge in [0.25, 0.3) is 15.9 Å². The van der Waals surface area contributed by atoms with Gasteiger partial charge < -0.3 is 5.32 Å². The van der Waals surface area contributed by atoms with Gasteiger partial charge in [-0.2, -0.15) is 0 Å². The summed E-state index contributed by atoms with van der Waals surface area (Å²) in [5.41, 5.74) is 7.31. The van der Waals surface area contributed by atoms with Gasteiger partial charge >= 0.3 is 0 Å². The molecule has 5 nitrogen and oxygen atoms in total. The second kappa shape index (κ2) is 9.63. The van der Waals surface area contributed by atoms with Crippen LogP contribution in [0.25, 0.3) is 0 Å². The first-order chi connectivity index (χ1) is 16.1. The molecule has 0 bridgehead atoms. The van der Waals surface area contributed by atoms with E-state index in [-0.39, 0.29) is 16.8 Å². The molecule has 0 aliphatic heterocycles. The van der Waals surface area contributed by atoms with Crippen molar-refractivity contribution in [2.45, 2.75) is 64.3 Å². The molecule has 34 heavy (non-hydrogen) atoms. The molecule has 0 spiro atoms. The Morgan fingerprint density at radius 1 is 0.824 bits per heavy atom. The summed E-state index contributed by atoms with van der Waals surface area (Å²) >= 11 is 0. The van der Waals surface area contributed by atoms with Crippen molar-refractivity contribution in [2.24, 2.45) is 0 Å². The number of carbonyl (C=O) groups excluding carboxylic acids is 1. The summed E-state index contributed by atoms with van der Waals surface area (Å²) in [5, 5.41) is 3.03. The summed E-state index contributed by atoms with van der Waals surface area (Å²) in [6.07, 6.45) is 4.63. The fourth-order valence-electron chi connectivity index (χ4n) is 4.43. The Morgan fingerprint density at radius 2 is 1.53 bits per heavy atom. The number of carbonyl (C=O) groups is 1. The van der Waals surface area contributed by atoms with E-state index in [1.165, 1.54) is 30.0 Å². The van der Waals surface area contributed by atoms with Crippen LogP contribution in [0.2, 0.25) is 0 Å². The third-order valence-electron chi connectivity index (χ3n) is 6.72. The van der Waals surface area contributed by atoms with E-state index in [9.17, 15) is 13.2 Å². The highest BCUT2D eigenvalue weighted by Gasteiger charge is 2.21. The first kappa shape index (κ1) is 24.0. The predicted octanol–water partition coefficient (Wildman–Crippen LogP) is 5.78. The quantitative estimate of drug-likeness (QED) is 0.473. The van der Waals surface area contributed by atoms with Crippen LogP contribution in [0.1, 0.15) is 69.5 Å². The maximum atomic E-state index is 13.1. The number of nitrogens with one attached hydrogen (secondary N) is 2. The average molecular weight is 477 g/mol. The van der Waals surface area contributed by atoms with Gasteiger partial charge in [-0.3, -0.25) is 9.52 Å². The van der Waals surface area contributed by atoms with E-state index < -0.39 is 10.0 Å². The van der Waals surface area contributed by atoms with Gasteiger partial charge in [0, 0.05) is 11.3 Å². The van der Waals surface area contributed by atoms with Crippen molar-refractivity contribution >= 4 is 21.6 Å². The molecular weight excluding hydrogens is 444 g/mol. The van der Waals surface area contributed by atoms with Crippen LogP contribution in [0.5, 0.6) is 0 Å². The highest BCUT2D eigenvalue weighted by Crippen LogP contribution is 2.26. The fourth-order valence-corrected chi connectivity index (χ4v) is 5.75. The lowest BCUT2D eigenvalue weighted by Gasteiger charge is -2.20. The second-order valence-corrected chi connectivity index (χ2v) is 11.0. The lowest BCUT2D eigenvalue weighted by Crippen LogP contribution is -2.27. The van der Waals surface area contributed by atoms with E-state index in [1.807, 2.05) is 26.8 Å². The number of sulfonamides is 1. The molecular formula is C28H32N2O3S. The van der Waals surface area contributed by atoms with Crippen molar-refractivity contribution < 1.29 is 13.2 Å². The van der Waals surface area contributed by atoms with Crippen molar-refractivity contribution in [3.05, 3.63) is 93.5 Å². The molecule has 2 N–H and O–H groups in total. The van der Waals surface area contributed by atoms with Gasteiger partial charge in [-0.05, 0) is 111 Å². The van der Waals surface area contributed by atoms with Crippen molar-refractivity contribution in [3.63, 3.8) is 0 Å². The van der Waals surface area contributed by atoms with Crippen LogP contribution >= 0.6 is 0 Å². The SMILES string of the molecule is Cc1ccc(NS(=O)(=O)c2cc(C(=O)NC(C)c3ccc4c(c3)CCCC4)ccc2C)cc1C. The summed E-state index contributed by atoms with van der Waals surface area (Å²) in [6, 6.07) is 16.5. The molecule has 6 heteroatoms. The number of hydrogen-bond donors (Lipinski definition) is 2. The Bertz CT molecular complexity index is 1350. The molecule has 0 radical (unpaired) electrons. The van der Waals surface area contributed by atoms with E-state index in [0.29, 0.717) is 16.8 Å². The van der Waals surface area contributed by atoms with Gasteiger partial charge in [-0.15, -0.1) is 0 Å². The Balaban J connectivity index is 1.53. The second-order valence-electron chi connectivity index (χ2n) is 9.32. The van der Waals surface area contributed by atoms with Gasteiger partial charge in [0.05, 0.1) is 10.9 Å². The van der Waals surface area contributed by atoms with Crippen LogP contribution in [0.15, 0.2) is 59.5 Å². The number of amides is 1. The smallest absolute Gasteiger partial charge is 0.262 e. The molecule has 0 heterocycles. The van der Waals surface area contributed by atoms with Crippen LogP contribution in [-0.4, -0.2) is 14.3 Å². The van der Waals surface area contributed by atoms with Crippen LogP contribution in [0.3, 0.4) is 0 Å². The zero-order valence-electron chi connectivity index (χ0n) is 20.2. The number of anilines is 1. The molecule has 0 saturated heterocycles. The lowest BCUT2D eigenvalue weighted by molar-refractivity contribution is 0.0939. The van der Waals surface area contributed by atoms with Gasteiger partial charge in [0.1, 0.15) is 0 Å². The monoisotopic (exact) mass is 476 g/mol. The van der Waals surface area contributed by atoms with Gasteiger partial charge in [0.15, 0.2) is 0 Å². The summed E-state index contributed by atoms with van der Waals surface area (Å²) in [7, 11) is -3.85. The molecule has 0 saturated carbocycles. The van der Waals surface area contributed by atoms with Crippen molar-refractivity contribution in [2.75, 3.05) is 4.72 Å². The molecule has 0 fully saturated rings. The molecule has 1 unspecified atom stereocenters. The Labute approximate surface area is 202 Å². The van der Waals surface area contributed by atoms with Crippen LogP contribution in [0.4, 0.5) is 5.69 Å². The van der Waals surface area contributed by atoms with E-state index in [4.69, 9.17) is 0 Å². The van der Waals surface area contributed by atoms with Gasteiger partial charge in [0.2, 0.25) is 0 Å². The number of benzene rings is 3. The van der Waals surface area contributed by atoms with Crippen LogP contribution in [0, 0.1) is 20.8 Å². The minimum Gasteiger partial charge on any atom is -0.346 e. The highest BCUT2D eigenvalue weighted by molar-refractivity contribution is 7.92. The molecule has 3 aromatic carbocycles. The number of rotatable bonds is 6. The van der Waals surface area contributed by atoms with E-state index in [0.717, 1.165) is 29.5 Å². The van der Waals surface area contributed by atoms with Crippen LogP contribution < -0.4 is 10.0 Å². The first-order valence-corrected chi connectivity index (χ1v) is 13.3. The lowest BCUT2D eigenvalue weighted by atomic mass is 9.89. The Kier molecular flexibility index (Phi) is 6.80. The molecule has 1 aliphatic carbocycles. The number of fused-ring (bicyclic) bond motifs is 1. The van der Waals surface area contributed by atoms with E-state index in [2.05, 4.69) is 28.2 Å². The van der Waals surface area contributed by atoms with Crippen molar-refractivity contribution in [1.82, 2.24) is 5.32 Å².